The topological polar surface area (TPSA) is 33.0 Å². The third-order valence-electron chi connectivity index (χ3n) is 1.45. The van der Waals surface area contributed by atoms with Gasteiger partial charge in [-0.15, -0.1) is 0 Å². The van der Waals surface area contributed by atoms with Crippen LogP contribution in [0.3, 0.4) is 0 Å². The first-order chi connectivity index (χ1) is 6.63. The number of benzene rings is 1. The monoisotopic (exact) mass is 271 g/mol. The number of hydrogen-bond acceptors (Lipinski definition) is 2. The molecule has 0 saturated carbocycles. The molecule has 72 valence electrons. The summed E-state index contributed by atoms with van der Waals surface area (Å²) in [5.74, 6) is 0.473. The standard InChI is InChI=1S/C10H7BrClNO/c1-7(11)6-14-10-4-9(12)3-2-8(10)5-13/h2-4H,1,6H2. The van der Waals surface area contributed by atoms with Gasteiger partial charge < -0.3 is 4.74 Å². The SMILES string of the molecule is C=C(Br)COc1cc(Cl)ccc1C#N. The van der Waals surface area contributed by atoms with Crippen LogP contribution < -0.4 is 4.74 Å². The molecule has 4 heteroatoms. The normalized spacial score (nSPS) is 9.21. The molecule has 0 atom stereocenters. The second-order valence-corrected chi connectivity index (χ2v) is 4.12. The lowest BCUT2D eigenvalue weighted by atomic mass is 10.2. The van der Waals surface area contributed by atoms with Crippen LogP contribution in [0.5, 0.6) is 5.75 Å². The number of rotatable bonds is 3. The molecule has 0 radical (unpaired) electrons. The molecule has 0 aliphatic heterocycles. The highest BCUT2D eigenvalue weighted by atomic mass is 79.9. The van der Waals surface area contributed by atoms with Crippen LogP contribution in [0.25, 0.3) is 0 Å². The molecule has 2 nitrogen and oxygen atoms in total. The van der Waals surface area contributed by atoms with Crippen molar-refractivity contribution in [1.29, 1.82) is 5.26 Å². The molecular formula is C10H7BrClNO. The van der Waals surface area contributed by atoms with E-state index >= 15 is 0 Å². The van der Waals surface area contributed by atoms with Crippen LogP contribution in [-0.4, -0.2) is 6.61 Å². The van der Waals surface area contributed by atoms with E-state index in [0.29, 0.717) is 27.4 Å². The molecule has 0 spiro atoms. The van der Waals surface area contributed by atoms with Crippen molar-refractivity contribution in [2.45, 2.75) is 0 Å². The number of nitrogens with zero attached hydrogens (tertiary/aromatic N) is 1. The Bertz CT molecular complexity index is 398. The summed E-state index contributed by atoms with van der Waals surface area (Å²) in [4.78, 5) is 0. The fraction of sp³-hybridized carbons (Fsp3) is 0.100. The molecule has 0 aromatic heterocycles. The molecule has 0 aliphatic carbocycles. The van der Waals surface area contributed by atoms with Gasteiger partial charge in [0.05, 0.1) is 5.56 Å². The Hall–Kier alpha value is -0.980. The van der Waals surface area contributed by atoms with Crippen LogP contribution in [0.15, 0.2) is 29.3 Å². The third kappa shape index (κ3) is 3.06. The Morgan fingerprint density at radius 2 is 2.36 bits per heavy atom. The van der Waals surface area contributed by atoms with E-state index in [2.05, 4.69) is 22.5 Å². The Balaban J connectivity index is 2.89. The third-order valence-corrected chi connectivity index (χ3v) is 1.91. The molecular weight excluding hydrogens is 265 g/mol. The van der Waals surface area contributed by atoms with E-state index in [0.717, 1.165) is 0 Å². The van der Waals surface area contributed by atoms with Gasteiger partial charge in [-0.1, -0.05) is 34.1 Å². The number of halogens is 2. The Morgan fingerprint density at radius 3 is 2.93 bits per heavy atom. The lowest BCUT2D eigenvalue weighted by Gasteiger charge is -2.06. The molecule has 1 aromatic carbocycles. The van der Waals surface area contributed by atoms with Crippen LogP contribution in [0.4, 0.5) is 0 Å². The lowest BCUT2D eigenvalue weighted by Crippen LogP contribution is -1.97. The van der Waals surface area contributed by atoms with Crippen LogP contribution in [0.1, 0.15) is 5.56 Å². The number of ether oxygens (including phenoxy) is 1. The van der Waals surface area contributed by atoms with Crippen molar-refractivity contribution in [3.63, 3.8) is 0 Å². The molecule has 0 bridgehead atoms. The lowest BCUT2D eigenvalue weighted by molar-refractivity contribution is 0.360. The molecule has 0 amide bonds. The molecule has 14 heavy (non-hydrogen) atoms. The van der Waals surface area contributed by atoms with E-state index in [4.69, 9.17) is 21.6 Å². The van der Waals surface area contributed by atoms with Crippen molar-refractivity contribution in [3.05, 3.63) is 39.8 Å². The summed E-state index contributed by atoms with van der Waals surface area (Å²) in [5, 5.41) is 9.31. The van der Waals surface area contributed by atoms with Crippen LogP contribution in [-0.2, 0) is 0 Å². The quantitative estimate of drug-likeness (QED) is 0.844. The molecule has 0 heterocycles. The first-order valence-electron chi connectivity index (χ1n) is 3.79. The summed E-state index contributed by atoms with van der Waals surface area (Å²) in [6.45, 7) is 3.94. The largest absolute Gasteiger partial charge is 0.487 e. The van der Waals surface area contributed by atoms with E-state index in [1.807, 2.05) is 6.07 Å². The minimum absolute atomic E-state index is 0.315. The van der Waals surface area contributed by atoms with Gasteiger partial charge in [0, 0.05) is 15.6 Å². The smallest absolute Gasteiger partial charge is 0.139 e. The molecule has 0 aliphatic rings. The summed E-state index contributed by atoms with van der Waals surface area (Å²) >= 11 is 8.93. The van der Waals surface area contributed by atoms with Crippen molar-refractivity contribution >= 4 is 27.5 Å². The molecule has 1 aromatic rings. The number of hydrogen-bond donors (Lipinski definition) is 0. The summed E-state index contributed by atoms with van der Waals surface area (Å²) in [6.07, 6.45) is 0. The van der Waals surface area contributed by atoms with Gasteiger partial charge in [0.15, 0.2) is 0 Å². The summed E-state index contributed by atoms with van der Waals surface area (Å²) in [5.41, 5.74) is 0.461. The minimum atomic E-state index is 0.315. The maximum absolute atomic E-state index is 8.77. The first kappa shape index (κ1) is 11.1. The predicted molar refractivity (Wildman–Crippen MR) is 59.7 cm³/mol. The maximum Gasteiger partial charge on any atom is 0.139 e. The zero-order valence-corrected chi connectivity index (χ0v) is 9.60. The van der Waals surface area contributed by atoms with Gasteiger partial charge in [0.2, 0.25) is 0 Å². The molecule has 1 rings (SSSR count). The van der Waals surface area contributed by atoms with E-state index in [1.165, 1.54) is 0 Å². The zero-order valence-electron chi connectivity index (χ0n) is 7.26. The van der Waals surface area contributed by atoms with E-state index in [1.54, 1.807) is 18.2 Å². The van der Waals surface area contributed by atoms with Gasteiger partial charge in [-0.25, -0.2) is 0 Å². The van der Waals surface area contributed by atoms with Gasteiger partial charge in [-0.2, -0.15) is 5.26 Å². The van der Waals surface area contributed by atoms with Crippen molar-refractivity contribution in [2.75, 3.05) is 6.61 Å². The van der Waals surface area contributed by atoms with Crippen molar-refractivity contribution in [1.82, 2.24) is 0 Å². The summed E-state index contributed by atoms with van der Waals surface area (Å²) in [6, 6.07) is 6.89. The van der Waals surface area contributed by atoms with Gasteiger partial charge >= 0.3 is 0 Å². The fourth-order valence-electron chi connectivity index (χ4n) is 0.864. The van der Waals surface area contributed by atoms with Crippen molar-refractivity contribution < 1.29 is 4.74 Å². The first-order valence-corrected chi connectivity index (χ1v) is 4.96. The van der Waals surface area contributed by atoms with Gasteiger partial charge in [-0.05, 0) is 12.1 Å². The van der Waals surface area contributed by atoms with Crippen LogP contribution >= 0.6 is 27.5 Å². The van der Waals surface area contributed by atoms with Crippen LogP contribution in [0, 0.1) is 11.3 Å². The minimum Gasteiger partial charge on any atom is -0.487 e. The average molecular weight is 273 g/mol. The Kier molecular flexibility index (Phi) is 3.99. The maximum atomic E-state index is 8.77. The van der Waals surface area contributed by atoms with Crippen molar-refractivity contribution in [2.24, 2.45) is 0 Å². The average Bonchev–Trinajstić information content (AvgIpc) is 2.15. The Labute approximate surface area is 95.9 Å². The fourth-order valence-corrected chi connectivity index (χ4v) is 1.14. The molecule has 0 fully saturated rings. The van der Waals surface area contributed by atoms with Crippen molar-refractivity contribution in [3.8, 4) is 11.8 Å². The molecule has 0 saturated heterocycles. The molecule has 0 N–H and O–H groups in total. The van der Waals surface area contributed by atoms with E-state index in [-0.39, 0.29) is 0 Å². The van der Waals surface area contributed by atoms with Gasteiger partial charge in [-0.3, -0.25) is 0 Å². The number of nitriles is 1. The van der Waals surface area contributed by atoms with E-state index < -0.39 is 0 Å². The summed E-state index contributed by atoms with van der Waals surface area (Å²) < 4.78 is 6.03. The van der Waals surface area contributed by atoms with Gasteiger partial charge in [0.25, 0.3) is 0 Å². The van der Waals surface area contributed by atoms with Crippen LogP contribution in [0.2, 0.25) is 5.02 Å². The predicted octanol–water partition coefficient (Wildman–Crippen LogP) is 3.50. The zero-order chi connectivity index (χ0) is 10.6. The van der Waals surface area contributed by atoms with Gasteiger partial charge in [0.1, 0.15) is 18.4 Å². The highest BCUT2D eigenvalue weighted by molar-refractivity contribution is 9.11. The second kappa shape index (κ2) is 5.04. The second-order valence-electron chi connectivity index (χ2n) is 2.56. The van der Waals surface area contributed by atoms with E-state index in [9.17, 15) is 0 Å². The highest BCUT2D eigenvalue weighted by Crippen LogP contribution is 2.23. The summed E-state index contributed by atoms with van der Waals surface area (Å²) in [7, 11) is 0. The molecule has 0 unspecified atom stereocenters. The highest BCUT2D eigenvalue weighted by Gasteiger charge is 2.03. The Morgan fingerprint density at radius 1 is 1.64 bits per heavy atom.